The van der Waals surface area contributed by atoms with Crippen molar-refractivity contribution in [3.05, 3.63) is 53.6 Å². The van der Waals surface area contributed by atoms with Gasteiger partial charge in [0.1, 0.15) is 11.5 Å². The molecule has 2 aromatic rings. The minimum Gasteiger partial charge on any atom is -0.493 e. The summed E-state index contributed by atoms with van der Waals surface area (Å²) in [7, 11) is 0. The maximum absolute atomic E-state index is 5.87. The standard InChI is InChI=1S/C21H29NO2/c1-16-6-9-19(14-20(16)22)24-13-5-12-23-18-10-7-17(8-11-18)15-21(2,3)4/h6-11,14H,5,12-13,15,22H2,1-4H3. The first-order valence-electron chi connectivity index (χ1n) is 8.54. The predicted octanol–water partition coefficient (Wildman–Crippen LogP) is 5.01. The average Bonchev–Trinajstić information content (AvgIpc) is 2.50. The highest BCUT2D eigenvalue weighted by atomic mass is 16.5. The van der Waals surface area contributed by atoms with Crippen LogP contribution in [0.4, 0.5) is 5.69 Å². The summed E-state index contributed by atoms with van der Waals surface area (Å²) < 4.78 is 11.5. The van der Waals surface area contributed by atoms with Gasteiger partial charge in [0.25, 0.3) is 0 Å². The number of aryl methyl sites for hydroxylation is 1. The molecule has 0 fully saturated rings. The van der Waals surface area contributed by atoms with E-state index in [1.807, 2.05) is 37.3 Å². The van der Waals surface area contributed by atoms with Crippen LogP contribution in [-0.4, -0.2) is 13.2 Å². The molecule has 3 nitrogen and oxygen atoms in total. The van der Waals surface area contributed by atoms with Gasteiger partial charge in [0.15, 0.2) is 0 Å². The van der Waals surface area contributed by atoms with Crippen molar-refractivity contribution in [2.45, 2.75) is 40.5 Å². The van der Waals surface area contributed by atoms with Crippen molar-refractivity contribution in [1.82, 2.24) is 0 Å². The van der Waals surface area contributed by atoms with Crippen LogP contribution in [0.3, 0.4) is 0 Å². The van der Waals surface area contributed by atoms with Crippen LogP contribution < -0.4 is 15.2 Å². The van der Waals surface area contributed by atoms with Gasteiger partial charge in [-0.3, -0.25) is 0 Å². The smallest absolute Gasteiger partial charge is 0.121 e. The molecular weight excluding hydrogens is 298 g/mol. The second-order valence-corrected chi connectivity index (χ2v) is 7.45. The van der Waals surface area contributed by atoms with Crippen LogP contribution in [0.2, 0.25) is 0 Å². The molecular formula is C21H29NO2. The number of ether oxygens (including phenoxy) is 2. The molecule has 24 heavy (non-hydrogen) atoms. The molecule has 0 amide bonds. The number of hydrogen-bond donors (Lipinski definition) is 1. The molecule has 0 saturated heterocycles. The molecule has 2 rings (SSSR count). The number of anilines is 1. The second-order valence-electron chi connectivity index (χ2n) is 7.45. The molecule has 2 aromatic carbocycles. The van der Waals surface area contributed by atoms with Crippen molar-refractivity contribution in [1.29, 1.82) is 0 Å². The van der Waals surface area contributed by atoms with E-state index in [0.717, 1.165) is 35.6 Å². The molecule has 3 heteroatoms. The quantitative estimate of drug-likeness (QED) is 0.574. The summed E-state index contributed by atoms with van der Waals surface area (Å²) >= 11 is 0. The largest absolute Gasteiger partial charge is 0.493 e. The van der Waals surface area contributed by atoms with E-state index in [1.165, 1.54) is 5.56 Å². The first-order valence-corrected chi connectivity index (χ1v) is 8.54. The van der Waals surface area contributed by atoms with Crippen molar-refractivity contribution in [3.63, 3.8) is 0 Å². The topological polar surface area (TPSA) is 44.5 Å². The van der Waals surface area contributed by atoms with Crippen LogP contribution in [-0.2, 0) is 6.42 Å². The molecule has 0 atom stereocenters. The Labute approximate surface area is 145 Å². The lowest BCUT2D eigenvalue weighted by Gasteiger charge is -2.18. The second kappa shape index (κ2) is 8.09. The monoisotopic (exact) mass is 327 g/mol. The van der Waals surface area contributed by atoms with Gasteiger partial charge in [-0.25, -0.2) is 0 Å². The number of nitrogen functional groups attached to an aromatic ring is 1. The molecule has 0 aliphatic heterocycles. The zero-order valence-electron chi connectivity index (χ0n) is 15.3. The first kappa shape index (κ1) is 18.2. The van der Waals surface area contributed by atoms with Crippen LogP contribution >= 0.6 is 0 Å². The van der Waals surface area contributed by atoms with Crippen LogP contribution in [0.5, 0.6) is 11.5 Å². The van der Waals surface area contributed by atoms with Crippen molar-refractivity contribution in [3.8, 4) is 11.5 Å². The minimum atomic E-state index is 0.305. The van der Waals surface area contributed by atoms with E-state index >= 15 is 0 Å². The van der Waals surface area contributed by atoms with Gasteiger partial charge in [-0.2, -0.15) is 0 Å². The van der Waals surface area contributed by atoms with E-state index < -0.39 is 0 Å². The van der Waals surface area contributed by atoms with E-state index in [0.29, 0.717) is 18.6 Å². The Morgan fingerprint density at radius 2 is 1.46 bits per heavy atom. The first-order chi connectivity index (χ1) is 11.3. The summed E-state index contributed by atoms with van der Waals surface area (Å²) in [6.45, 7) is 9.99. The predicted molar refractivity (Wildman–Crippen MR) is 101 cm³/mol. The van der Waals surface area contributed by atoms with Crippen LogP contribution in [0, 0.1) is 12.3 Å². The van der Waals surface area contributed by atoms with E-state index in [1.54, 1.807) is 0 Å². The van der Waals surface area contributed by atoms with Gasteiger partial charge in [0.2, 0.25) is 0 Å². The van der Waals surface area contributed by atoms with Crippen LogP contribution in [0.15, 0.2) is 42.5 Å². The van der Waals surface area contributed by atoms with Crippen LogP contribution in [0.25, 0.3) is 0 Å². The van der Waals surface area contributed by atoms with E-state index in [-0.39, 0.29) is 0 Å². The Hall–Kier alpha value is -2.16. The summed E-state index contributed by atoms with van der Waals surface area (Å²) in [5, 5.41) is 0. The van der Waals surface area contributed by atoms with E-state index in [9.17, 15) is 0 Å². The van der Waals surface area contributed by atoms with Crippen LogP contribution in [0.1, 0.15) is 38.3 Å². The summed E-state index contributed by atoms with van der Waals surface area (Å²) in [5.74, 6) is 1.72. The lowest BCUT2D eigenvalue weighted by molar-refractivity contribution is 0.247. The Bertz CT molecular complexity index is 642. The Balaban J connectivity index is 1.69. The maximum atomic E-state index is 5.87. The van der Waals surface area contributed by atoms with E-state index in [2.05, 4.69) is 32.9 Å². The molecule has 0 saturated carbocycles. The highest BCUT2D eigenvalue weighted by Crippen LogP contribution is 2.22. The Morgan fingerprint density at radius 3 is 2.04 bits per heavy atom. The van der Waals surface area contributed by atoms with E-state index in [4.69, 9.17) is 15.2 Å². The highest BCUT2D eigenvalue weighted by Gasteiger charge is 2.10. The fourth-order valence-corrected chi connectivity index (χ4v) is 2.46. The number of nitrogens with two attached hydrogens (primary N) is 1. The Morgan fingerprint density at radius 1 is 0.875 bits per heavy atom. The maximum Gasteiger partial charge on any atom is 0.121 e. The molecule has 0 spiro atoms. The fraction of sp³-hybridized carbons (Fsp3) is 0.429. The van der Waals surface area contributed by atoms with Gasteiger partial charge in [0.05, 0.1) is 13.2 Å². The lowest BCUT2D eigenvalue weighted by Crippen LogP contribution is -2.09. The summed E-state index contributed by atoms with van der Waals surface area (Å²) in [6, 6.07) is 14.2. The average molecular weight is 327 g/mol. The molecule has 0 bridgehead atoms. The van der Waals surface area contributed by atoms with Gasteiger partial charge >= 0.3 is 0 Å². The third-order valence-electron chi connectivity index (χ3n) is 3.73. The summed E-state index contributed by atoms with van der Waals surface area (Å²) in [5.41, 5.74) is 9.35. The Kier molecular flexibility index (Phi) is 6.13. The van der Waals surface area contributed by atoms with Crippen molar-refractivity contribution in [2.24, 2.45) is 5.41 Å². The molecule has 2 N–H and O–H groups in total. The number of hydrogen-bond acceptors (Lipinski definition) is 3. The van der Waals surface area contributed by atoms with Gasteiger partial charge in [-0.1, -0.05) is 39.0 Å². The van der Waals surface area contributed by atoms with Crippen molar-refractivity contribution >= 4 is 5.69 Å². The van der Waals surface area contributed by atoms with Gasteiger partial charge < -0.3 is 15.2 Å². The normalized spacial score (nSPS) is 11.3. The third kappa shape index (κ3) is 6.15. The fourth-order valence-electron chi connectivity index (χ4n) is 2.46. The summed E-state index contributed by atoms with van der Waals surface area (Å²) in [6.07, 6.45) is 1.90. The molecule has 0 aromatic heterocycles. The highest BCUT2D eigenvalue weighted by molar-refractivity contribution is 5.50. The number of rotatable bonds is 7. The van der Waals surface area contributed by atoms with Crippen molar-refractivity contribution < 1.29 is 9.47 Å². The van der Waals surface area contributed by atoms with Gasteiger partial charge in [-0.05, 0) is 48.1 Å². The zero-order valence-corrected chi connectivity index (χ0v) is 15.3. The lowest BCUT2D eigenvalue weighted by atomic mass is 9.88. The van der Waals surface area contributed by atoms with Gasteiger partial charge in [0, 0.05) is 18.2 Å². The molecule has 0 aliphatic rings. The molecule has 0 aliphatic carbocycles. The summed E-state index contributed by atoms with van der Waals surface area (Å²) in [4.78, 5) is 0. The SMILES string of the molecule is Cc1ccc(OCCCOc2ccc(CC(C)(C)C)cc2)cc1N. The molecule has 130 valence electrons. The molecule has 0 unspecified atom stereocenters. The van der Waals surface area contributed by atoms with Crippen molar-refractivity contribution in [2.75, 3.05) is 18.9 Å². The molecule has 0 radical (unpaired) electrons. The number of benzene rings is 2. The zero-order chi connectivity index (χ0) is 17.6. The van der Waals surface area contributed by atoms with Gasteiger partial charge in [-0.15, -0.1) is 0 Å². The minimum absolute atomic E-state index is 0.305. The molecule has 0 heterocycles. The third-order valence-corrected chi connectivity index (χ3v) is 3.73.